The topological polar surface area (TPSA) is 86.6 Å². The first-order valence-corrected chi connectivity index (χ1v) is 3.97. The Balaban J connectivity index is 2.41. The van der Waals surface area contributed by atoms with Gasteiger partial charge >= 0.3 is 6.09 Å². The molecule has 0 aromatic rings. The van der Waals surface area contributed by atoms with E-state index in [-0.39, 0.29) is 24.0 Å². The average molecular weight is 185 g/mol. The number of aliphatic hydroxyl groups excluding tert-OH is 1. The first-order chi connectivity index (χ1) is 6.08. The van der Waals surface area contributed by atoms with Gasteiger partial charge in [-0.1, -0.05) is 0 Å². The molecule has 1 rings (SSSR count). The second kappa shape index (κ2) is 3.93. The molecule has 72 valence electrons. The van der Waals surface area contributed by atoms with Crippen molar-refractivity contribution in [3.05, 3.63) is 11.8 Å². The van der Waals surface area contributed by atoms with E-state index in [4.69, 9.17) is 10.2 Å². The molecule has 1 aliphatic carbocycles. The van der Waals surface area contributed by atoms with Crippen LogP contribution in [0, 0.1) is 5.92 Å². The van der Waals surface area contributed by atoms with Gasteiger partial charge in [-0.05, 0) is 5.92 Å². The zero-order valence-electron chi connectivity index (χ0n) is 6.99. The van der Waals surface area contributed by atoms with Crippen molar-refractivity contribution in [1.82, 2.24) is 5.32 Å². The van der Waals surface area contributed by atoms with E-state index in [1.807, 2.05) is 0 Å². The maximum Gasteiger partial charge on any atom is 0.404 e. The number of nitrogens with one attached hydrogen (secondary N) is 1. The minimum atomic E-state index is -1.11. The van der Waals surface area contributed by atoms with Gasteiger partial charge in [-0.15, -0.1) is 0 Å². The number of allylic oxidation sites excluding steroid dienone is 2. The molecule has 1 aliphatic rings. The quantitative estimate of drug-likeness (QED) is 0.590. The van der Waals surface area contributed by atoms with Crippen LogP contribution in [0.25, 0.3) is 0 Å². The summed E-state index contributed by atoms with van der Waals surface area (Å²) in [5.74, 6) is -0.233. The number of carbonyl (C=O) groups excluding carboxylic acids is 1. The smallest absolute Gasteiger partial charge is 0.404 e. The Bertz CT molecular complexity index is 259. The minimum absolute atomic E-state index is 0.0356. The summed E-state index contributed by atoms with van der Waals surface area (Å²) in [5, 5.41) is 19.6. The fourth-order valence-electron chi connectivity index (χ4n) is 1.33. The van der Waals surface area contributed by atoms with Gasteiger partial charge in [0.15, 0.2) is 5.78 Å². The monoisotopic (exact) mass is 185 g/mol. The molecule has 0 aliphatic heterocycles. The van der Waals surface area contributed by atoms with Crippen LogP contribution in [0.2, 0.25) is 0 Å². The lowest BCUT2D eigenvalue weighted by Gasteiger charge is -2.18. The molecular weight excluding hydrogens is 174 g/mol. The van der Waals surface area contributed by atoms with Gasteiger partial charge in [0.1, 0.15) is 0 Å². The first kappa shape index (κ1) is 9.57. The third-order valence-corrected chi connectivity index (χ3v) is 1.86. The number of rotatable bonds is 2. The molecule has 0 radical (unpaired) electrons. The summed E-state index contributed by atoms with van der Waals surface area (Å²) >= 11 is 0. The van der Waals surface area contributed by atoms with E-state index < -0.39 is 6.09 Å². The molecule has 1 unspecified atom stereocenters. The van der Waals surface area contributed by atoms with E-state index in [0.717, 1.165) is 0 Å². The van der Waals surface area contributed by atoms with Gasteiger partial charge in [0, 0.05) is 25.5 Å². The van der Waals surface area contributed by atoms with Crippen molar-refractivity contribution in [2.24, 2.45) is 5.92 Å². The summed E-state index contributed by atoms with van der Waals surface area (Å²) in [4.78, 5) is 21.0. The fraction of sp³-hybridized carbons (Fsp3) is 0.500. The Kier molecular flexibility index (Phi) is 2.89. The van der Waals surface area contributed by atoms with E-state index in [2.05, 4.69) is 5.32 Å². The zero-order valence-corrected chi connectivity index (χ0v) is 6.99. The van der Waals surface area contributed by atoms with Crippen molar-refractivity contribution in [2.75, 3.05) is 6.54 Å². The summed E-state index contributed by atoms with van der Waals surface area (Å²) in [6, 6.07) is 0. The van der Waals surface area contributed by atoms with Crippen molar-refractivity contribution in [3.8, 4) is 0 Å². The Morgan fingerprint density at radius 1 is 1.62 bits per heavy atom. The molecule has 0 fully saturated rings. The molecule has 0 bridgehead atoms. The van der Waals surface area contributed by atoms with E-state index >= 15 is 0 Å². The highest BCUT2D eigenvalue weighted by atomic mass is 16.4. The number of amides is 1. The van der Waals surface area contributed by atoms with Crippen LogP contribution in [0.1, 0.15) is 12.8 Å². The molecule has 0 saturated heterocycles. The van der Waals surface area contributed by atoms with E-state index in [9.17, 15) is 9.59 Å². The molecular formula is C8H11NO4. The van der Waals surface area contributed by atoms with Gasteiger partial charge < -0.3 is 15.5 Å². The van der Waals surface area contributed by atoms with Gasteiger partial charge in [-0.3, -0.25) is 4.79 Å². The summed E-state index contributed by atoms with van der Waals surface area (Å²) in [5.41, 5.74) is 0. The summed E-state index contributed by atoms with van der Waals surface area (Å²) in [6.45, 7) is 0.207. The molecule has 0 aromatic carbocycles. The summed E-state index contributed by atoms with van der Waals surface area (Å²) < 4.78 is 0. The number of ketones is 1. The number of hydrogen-bond donors (Lipinski definition) is 3. The SMILES string of the molecule is O=C1C=C(O)CC(CNC(=O)O)C1. The summed E-state index contributed by atoms with van der Waals surface area (Å²) in [6.07, 6.45) is 0.745. The molecule has 1 atom stereocenters. The number of carboxylic acid groups (broad SMARTS) is 1. The van der Waals surface area contributed by atoms with E-state index in [0.29, 0.717) is 12.8 Å². The predicted molar refractivity (Wildman–Crippen MR) is 44.5 cm³/mol. The van der Waals surface area contributed by atoms with Crippen molar-refractivity contribution < 1.29 is 19.8 Å². The highest BCUT2D eigenvalue weighted by Crippen LogP contribution is 2.19. The Morgan fingerprint density at radius 3 is 2.85 bits per heavy atom. The van der Waals surface area contributed by atoms with Crippen LogP contribution >= 0.6 is 0 Å². The Hall–Kier alpha value is -1.52. The lowest BCUT2D eigenvalue weighted by atomic mass is 9.92. The molecule has 5 heteroatoms. The lowest BCUT2D eigenvalue weighted by molar-refractivity contribution is -0.116. The highest BCUT2D eigenvalue weighted by Gasteiger charge is 2.20. The van der Waals surface area contributed by atoms with Crippen LogP contribution < -0.4 is 5.32 Å². The maximum absolute atomic E-state index is 10.9. The van der Waals surface area contributed by atoms with Crippen LogP contribution in [-0.2, 0) is 4.79 Å². The largest absolute Gasteiger partial charge is 0.512 e. The third-order valence-electron chi connectivity index (χ3n) is 1.86. The molecule has 1 amide bonds. The number of carbonyl (C=O) groups is 2. The van der Waals surface area contributed by atoms with Gasteiger partial charge in [-0.25, -0.2) is 4.79 Å². The van der Waals surface area contributed by atoms with Crippen LogP contribution in [0.15, 0.2) is 11.8 Å². The van der Waals surface area contributed by atoms with Crippen molar-refractivity contribution in [2.45, 2.75) is 12.8 Å². The Labute approximate surface area is 75.1 Å². The molecule has 3 N–H and O–H groups in total. The highest BCUT2D eigenvalue weighted by molar-refractivity contribution is 5.91. The normalized spacial score (nSPS) is 22.3. The van der Waals surface area contributed by atoms with Gasteiger partial charge in [0.05, 0.1) is 5.76 Å². The van der Waals surface area contributed by atoms with Gasteiger partial charge in [0.25, 0.3) is 0 Å². The number of hydrogen-bond acceptors (Lipinski definition) is 3. The second-order valence-corrected chi connectivity index (χ2v) is 3.06. The second-order valence-electron chi connectivity index (χ2n) is 3.06. The van der Waals surface area contributed by atoms with Gasteiger partial charge in [-0.2, -0.15) is 0 Å². The zero-order chi connectivity index (χ0) is 9.84. The molecule has 13 heavy (non-hydrogen) atoms. The minimum Gasteiger partial charge on any atom is -0.512 e. The van der Waals surface area contributed by atoms with Crippen molar-refractivity contribution >= 4 is 11.9 Å². The van der Waals surface area contributed by atoms with Crippen LogP contribution in [0.5, 0.6) is 0 Å². The van der Waals surface area contributed by atoms with Crippen LogP contribution in [0.4, 0.5) is 4.79 Å². The molecule has 0 saturated carbocycles. The predicted octanol–water partition coefficient (Wildman–Crippen LogP) is 0.675. The molecule has 0 aromatic heterocycles. The van der Waals surface area contributed by atoms with Gasteiger partial charge in [0.2, 0.25) is 0 Å². The van der Waals surface area contributed by atoms with E-state index in [1.54, 1.807) is 0 Å². The maximum atomic E-state index is 10.9. The number of aliphatic hydroxyl groups is 1. The molecule has 0 heterocycles. The van der Waals surface area contributed by atoms with Crippen LogP contribution in [-0.4, -0.2) is 28.6 Å². The summed E-state index contributed by atoms with van der Waals surface area (Å²) in [7, 11) is 0. The van der Waals surface area contributed by atoms with Crippen molar-refractivity contribution in [3.63, 3.8) is 0 Å². The van der Waals surface area contributed by atoms with E-state index in [1.165, 1.54) is 6.08 Å². The molecule has 0 spiro atoms. The fourth-order valence-corrected chi connectivity index (χ4v) is 1.33. The first-order valence-electron chi connectivity index (χ1n) is 3.97. The van der Waals surface area contributed by atoms with Crippen LogP contribution in [0.3, 0.4) is 0 Å². The Morgan fingerprint density at radius 2 is 2.31 bits per heavy atom. The third kappa shape index (κ3) is 3.14. The molecule has 5 nitrogen and oxygen atoms in total. The van der Waals surface area contributed by atoms with Crippen molar-refractivity contribution in [1.29, 1.82) is 0 Å². The standard InChI is InChI=1S/C8H11NO4/c10-6-1-5(2-7(11)3-6)4-9-8(12)13/h3,5,9-10H,1-2,4H2,(H,12,13). The average Bonchev–Trinajstić information content (AvgIpc) is 1.99. The lowest BCUT2D eigenvalue weighted by Crippen LogP contribution is -2.30.